The van der Waals surface area contributed by atoms with Crippen LogP contribution in [-0.4, -0.2) is 18.5 Å². The van der Waals surface area contributed by atoms with E-state index in [1.807, 2.05) is 13.8 Å². The number of rotatable bonds is 4. The van der Waals surface area contributed by atoms with Gasteiger partial charge in [-0.3, -0.25) is 4.79 Å². The summed E-state index contributed by atoms with van der Waals surface area (Å²) < 4.78 is 0. The van der Waals surface area contributed by atoms with Crippen LogP contribution in [0.2, 0.25) is 0 Å². The maximum Gasteiger partial charge on any atom is 0.224 e. The number of carbonyl (C=O) groups excluding carboxylic acids is 1. The molecule has 0 saturated heterocycles. The van der Waals surface area contributed by atoms with Gasteiger partial charge in [0.1, 0.15) is 0 Å². The molecule has 0 heterocycles. The van der Waals surface area contributed by atoms with Gasteiger partial charge in [-0.1, -0.05) is 20.8 Å². The van der Waals surface area contributed by atoms with Crippen LogP contribution >= 0.6 is 12.4 Å². The topological polar surface area (TPSA) is 55.1 Å². The molecule has 108 valence electrons. The van der Waals surface area contributed by atoms with Crippen LogP contribution in [0.4, 0.5) is 0 Å². The van der Waals surface area contributed by atoms with Gasteiger partial charge < -0.3 is 11.1 Å². The molecule has 0 aromatic heterocycles. The zero-order chi connectivity index (χ0) is 13.1. The molecule has 2 unspecified atom stereocenters. The smallest absolute Gasteiger partial charge is 0.224 e. The lowest BCUT2D eigenvalue weighted by Crippen LogP contribution is -2.41. The molecular formula is C14H29ClN2O. The minimum absolute atomic E-state index is 0. The second-order valence-corrected chi connectivity index (χ2v) is 6.50. The summed E-state index contributed by atoms with van der Waals surface area (Å²) >= 11 is 0. The number of hydrogen-bond acceptors (Lipinski definition) is 2. The van der Waals surface area contributed by atoms with Gasteiger partial charge in [-0.15, -0.1) is 12.4 Å². The van der Waals surface area contributed by atoms with E-state index in [-0.39, 0.29) is 30.3 Å². The molecule has 2 atom stereocenters. The fourth-order valence-electron chi connectivity index (χ4n) is 2.31. The Hall–Kier alpha value is -0.280. The van der Waals surface area contributed by atoms with E-state index in [9.17, 15) is 4.79 Å². The summed E-state index contributed by atoms with van der Waals surface area (Å²) in [7, 11) is 0. The zero-order valence-corrected chi connectivity index (χ0v) is 13.0. The Bertz CT molecular complexity index is 257. The summed E-state index contributed by atoms with van der Waals surface area (Å²) in [5, 5.41) is 3.04. The van der Waals surface area contributed by atoms with Crippen LogP contribution in [-0.2, 0) is 4.79 Å². The summed E-state index contributed by atoms with van der Waals surface area (Å²) in [5.41, 5.74) is 6.22. The van der Waals surface area contributed by atoms with Gasteiger partial charge in [-0.05, 0) is 43.9 Å². The summed E-state index contributed by atoms with van der Waals surface area (Å²) in [6.45, 7) is 9.27. The van der Waals surface area contributed by atoms with E-state index in [1.54, 1.807) is 0 Å². The van der Waals surface area contributed by atoms with Gasteiger partial charge in [0.25, 0.3) is 0 Å². The molecule has 3 N–H and O–H groups in total. The van der Waals surface area contributed by atoms with Crippen LogP contribution in [0.1, 0.15) is 53.4 Å². The molecule has 1 aliphatic rings. The number of amides is 1. The molecule has 0 bridgehead atoms. The number of halogens is 1. The van der Waals surface area contributed by atoms with Gasteiger partial charge >= 0.3 is 0 Å². The van der Waals surface area contributed by atoms with Crippen LogP contribution in [0.15, 0.2) is 0 Å². The first-order valence-corrected chi connectivity index (χ1v) is 6.85. The molecule has 18 heavy (non-hydrogen) atoms. The van der Waals surface area contributed by atoms with Crippen molar-refractivity contribution in [2.75, 3.05) is 6.54 Å². The molecule has 3 nitrogen and oxygen atoms in total. The summed E-state index contributed by atoms with van der Waals surface area (Å²) in [6.07, 6.45) is 5.02. The first-order chi connectivity index (χ1) is 7.82. The molecule has 0 aliphatic heterocycles. The molecule has 0 spiro atoms. The van der Waals surface area contributed by atoms with Crippen molar-refractivity contribution >= 4 is 18.3 Å². The summed E-state index contributed by atoms with van der Waals surface area (Å²) in [6, 6.07) is -0.0692. The lowest BCUT2D eigenvalue weighted by molar-refractivity contribution is -0.125. The second kappa shape index (κ2) is 7.34. The Balaban J connectivity index is 0.00000289. The van der Waals surface area contributed by atoms with Crippen molar-refractivity contribution in [1.82, 2.24) is 5.32 Å². The van der Waals surface area contributed by atoms with Gasteiger partial charge in [0, 0.05) is 18.5 Å². The quantitative estimate of drug-likeness (QED) is 0.830. The maximum atomic E-state index is 11.8. The second-order valence-electron chi connectivity index (χ2n) is 6.50. The van der Waals surface area contributed by atoms with Crippen LogP contribution in [0.3, 0.4) is 0 Å². The Kier molecular flexibility index (Phi) is 7.23. The molecule has 1 amide bonds. The fourth-order valence-corrected chi connectivity index (χ4v) is 2.31. The molecule has 1 rings (SSSR count). The number of carbonyl (C=O) groups is 1. The molecule has 4 heteroatoms. The molecule has 1 fully saturated rings. The first kappa shape index (κ1) is 17.7. The van der Waals surface area contributed by atoms with Crippen molar-refractivity contribution in [1.29, 1.82) is 0 Å². The number of hydrogen-bond donors (Lipinski definition) is 2. The molecule has 0 radical (unpaired) electrons. The SMILES string of the molecule is CC(N)C(C)C(=O)NCC1CCC(C)(C)CC1.Cl. The predicted octanol–water partition coefficient (Wildman–Crippen LogP) is 2.72. The average molecular weight is 277 g/mol. The van der Waals surface area contributed by atoms with Crippen LogP contribution in [0, 0.1) is 17.3 Å². The van der Waals surface area contributed by atoms with Gasteiger partial charge in [0.2, 0.25) is 5.91 Å². The average Bonchev–Trinajstić information content (AvgIpc) is 2.26. The molecule has 1 saturated carbocycles. The van der Waals surface area contributed by atoms with E-state index in [2.05, 4.69) is 19.2 Å². The lowest BCUT2D eigenvalue weighted by Gasteiger charge is -2.34. The predicted molar refractivity (Wildman–Crippen MR) is 78.8 cm³/mol. The van der Waals surface area contributed by atoms with E-state index in [4.69, 9.17) is 5.73 Å². The minimum atomic E-state index is -0.0879. The highest BCUT2D eigenvalue weighted by molar-refractivity contribution is 5.85. The Morgan fingerprint density at radius 2 is 1.83 bits per heavy atom. The van der Waals surface area contributed by atoms with Crippen molar-refractivity contribution in [2.45, 2.75) is 59.4 Å². The number of nitrogens with one attached hydrogen (secondary N) is 1. The van der Waals surface area contributed by atoms with Gasteiger partial charge in [0.15, 0.2) is 0 Å². The van der Waals surface area contributed by atoms with Crippen molar-refractivity contribution in [3.8, 4) is 0 Å². The molecule has 0 aromatic carbocycles. The first-order valence-electron chi connectivity index (χ1n) is 6.85. The van der Waals surface area contributed by atoms with Crippen LogP contribution in [0.5, 0.6) is 0 Å². The van der Waals surface area contributed by atoms with Crippen molar-refractivity contribution in [3.63, 3.8) is 0 Å². The highest BCUT2D eigenvalue weighted by Crippen LogP contribution is 2.37. The van der Waals surface area contributed by atoms with Gasteiger partial charge in [-0.25, -0.2) is 0 Å². The Labute approximate surface area is 118 Å². The zero-order valence-electron chi connectivity index (χ0n) is 12.2. The lowest BCUT2D eigenvalue weighted by atomic mass is 9.73. The minimum Gasteiger partial charge on any atom is -0.356 e. The third-order valence-corrected chi connectivity index (χ3v) is 4.23. The highest BCUT2D eigenvalue weighted by atomic mass is 35.5. The fraction of sp³-hybridized carbons (Fsp3) is 0.929. The van der Waals surface area contributed by atoms with Crippen molar-refractivity contribution < 1.29 is 4.79 Å². The highest BCUT2D eigenvalue weighted by Gasteiger charge is 2.27. The Morgan fingerprint density at radius 3 is 2.28 bits per heavy atom. The van der Waals surface area contributed by atoms with Gasteiger partial charge in [-0.2, -0.15) is 0 Å². The number of nitrogens with two attached hydrogens (primary N) is 1. The van der Waals surface area contributed by atoms with Gasteiger partial charge in [0.05, 0.1) is 0 Å². The molecule has 0 aromatic rings. The third-order valence-electron chi connectivity index (χ3n) is 4.23. The normalized spacial score (nSPS) is 22.7. The van der Waals surface area contributed by atoms with E-state index in [0.717, 1.165) is 6.54 Å². The third kappa shape index (κ3) is 5.57. The largest absolute Gasteiger partial charge is 0.356 e. The molecular weight excluding hydrogens is 248 g/mol. The van der Waals surface area contributed by atoms with Crippen LogP contribution < -0.4 is 11.1 Å². The van der Waals surface area contributed by atoms with E-state index < -0.39 is 0 Å². The summed E-state index contributed by atoms with van der Waals surface area (Å²) in [4.78, 5) is 11.8. The van der Waals surface area contributed by atoms with Crippen LogP contribution in [0.25, 0.3) is 0 Å². The van der Waals surface area contributed by atoms with E-state index in [0.29, 0.717) is 11.3 Å². The van der Waals surface area contributed by atoms with E-state index >= 15 is 0 Å². The Morgan fingerprint density at radius 1 is 1.33 bits per heavy atom. The van der Waals surface area contributed by atoms with E-state index in [1.165, 1.54) is 25.7 Å². The maximum absolute atomic E-state index is 11.8. The van der Waals surface area contributed by atoms with Crippen molar-refractivity contribution in [2.24, 2.45) is 23.0 Å². The molecule has 1 aliphatic carbocycles. The standard InChI is InChI=1S/C14H28N2O.ClH/c1-10(11(2)15)13(17)16-9-12-5-7-14(3,4)8-6-12;/h10-12H,5-9,15H2,1-4H3,(H,16,17);1H. The summed E-state index contributed by atoms with van der Waals surface area (Å²) in [5.74, 6) is 0.673. The monoisotopic (exact) mass is 276 g/mol. The van der Waals surface area contributed by atoms with Crippen molar-refractivity contribution in [3.05, 3.63) is 0 Å².